The van der Waals surface area contributed by atoms with Gasteiger partial charge in [0, 0.05) is 10.7 Å². The Labute approximate surface area is 112 Å². The summed E-state index contributed by atoms with van der Waals surface area (Å²) in [5.41, 5.74) is 4.04. The summed E-state index contributed by atoms with van der Waals surface area (Å²) >= 11 is 3.71. The molecule has 0 atom stereocenters. The SMILES string of the molecule is CC(C)(C)N=CC1=C(Br)c2ccccc2CC1. The van der Waals surface area contributed by atoms with Gasteiger partial charge in [-0.3, -0.25) is 4.99 Å². The van der Waals surface area contributed by atoms with Crippen molar-refractivity contribution in [1.29, 1.82) is 0 Å². The van der Waals surface area contributed by atoms with Crippen LogP contribution in [0.2, 0.25) is 0 Å². The monoisotopic (exact) mass is 291 g/mol. The Hall–Kier alpha value is -0.890. The third kappa shape index (κ3) is 3.06. The average Bonchev–Trinajstić information content (AvgIpc) is 2.27. The van der Waals surface area contributed by atoms with Gasteiger partial charge >= 0.3 is 0 Å². The molecule has 0 aliphatic heterocycles. The second kappa shape index (κ2) is 4.77. The summed E-state index contributed by atoms with van der Waals surface area (Å²) in [5.74, 6) is 0. The number of allylic oxidation sites excluding steroid dienone is 1. The first-order valence-corrected chi connectivity index (χ1v) is 6.79. The molecule has 0 fully saturated rings. The fraction of sp³-hybridized carbons (Fsp3) is 0.400. The van der Waals surface area contributed by atoms with Crippen molar-refractivity contribution in [2.75, 3.05) is 0 Å². The lowest BCUT2D eigenvalue weighted by atomic mass is 9.92. The Balaban J connectivity index is 2.35. The number of aryl methyl sites for hydroxylation is 1. The van der Waals surface area contributed by atoms with Crippen LogP contribution in [0.4, 0.5) is 0 Å². The van der Waals surface area contributed by atoms with Gasteiger partial charge in [-0.1, -0.05) is 24.3 Å². The number of fused-ring (bicyclic) bond motifs is 1. The van der Waals surface area contributed by atoms with E-state index in [1.54, 1.807) is 0 Å². The number of hydrogen-bond donors (Lipinski definition) is 0. The van der Waals surface area contributed by atoms with Gasteiger partial charge in [-0.25, -0.2) is 0 Å². The summed E-state index contributed by atoms with van der Waals surface area (Å²) in [6.07, 6.45) is 4.20. The topological polar surface area (TPSA) is 12.4 Å². The minimum absolute atomic E-state index is 0.00273. The van der Waals surface area contributed by atoms with Crippen LogP contribution in [0.25, 0.3) is 4.48 Å². The predicted octanol–water partition coefficient (Wildman–Crippen LogP) is 4.61. The Bertz CT molecular complexity index is 478. The molecular weight excluding hydrogens is 274 g/mol. The standard InChI is InChI=1S/C15H18BrN/c1-15(2,3)17-10-12-9-8-11-6-4-5-7-13(11)14(12)16/h4-7,10H,8-9H2,1-3H3. The number of aliphatic imine (C=N–C) groups is 1. The highest BCUT2D eigenvalue weighted by Crippen LogP contribution is 2.34. The summed E-state index contributed by atoms with van der Waals surface area (Å²) in [4.78, 5) is 4.59. The molecular formula is C15H18BrN. The quantitative estimate of drug-likeness (QED) is 0.670. The minimum Gasteiger partial charge on any atom is -0.287 e. The van der Waals surface area contributed by atoms with Crippen molar-refractivity contribution >= 4 is 26.6 Å². The van der Waals surface area contributed by atoms with Gasteiger partial charge in [0.15, 0.2) is 0 Å². The molecule has 1 aliphatic rings. The molecule has 2 heteroatoms. The van der Waals surface area contributed by atoms with Crippen molar-refractivity contribution < 1.29 is 0 Å². The molecule has 0 bridgehead atoms. The third-order valence-electron chi connectivity index (χ3n) is 2.81. The van der Waals surface area contributed by atoms with Crippen LogP contribution in [-0.4, -0.2) is 11.8 Å². The zero-order valence-corrected chi connectivity index (χ0v) is 12.2. The van der Waals surface area contributed by atoms with Crippen molar-refractivity contribution in [3.05, 3.63) is 41.0 Å². The summed E-state index contributed by atoms with van der Waals surface area (Å²) in [6.45, 7) is 6.36. The highest BCUT2D eigenvalue weighted by atomic mass is 79.9. The molecule has 0 aromatic heterocycles. The Morgan fingerprint density at radius 2 is 1.88 bits per heavy atom. The summed E-state index contributed by atoms with van der Waals surface area (Å²) in [5, 5.41) is 0. The van der Waals surface area contributed by atoms with Gasteiger partial charge in [0.1, 0.15) is 0 Å². The lowest BCUT2D eigenvalue weighted by molar-refractivity contribution is 0.586. The van der Waals surface area contributed by atoms with Gasteiger partial charge in [0.2, 0.25) is 0 Å². The fourth-order valence-electron chi connectivity index (χ4n) is 1.90. The molecule has 1 aromatic rings. The predicted molar refractivity (Wildman–Crippen MR) is 78.9 cm³/mol. The molecule has 0 spiro atoms. The van der Waals surface area contributed by atoms with Crippen LogP contribution in [0.1, 0.15) is 38.3 Å². The number of halogens is 1. The zero-order valence-electron chi connectivity index (χ0n) is 10.6. The molecule has 1 nitrogen and oxygen atoms in total. The zero-order chi connectivity index (χ0) is 12.5. The molecule has 0 radical (unpaired) electrons. The van der Waals surface area contributed by atoms with Crippen LogP contribution < -0.4 is 0 Å². The average molecular weight is 292 g/mol. The van der Waals surface area contributed by atoms with Gasteiger partial charge in [0.25, 0.3) is 0 Å². The molecule has 2 rings (SSSR count). The maximum atomic E-state index is 4.59. The van der Waals surface area contributed by atoms with E-state index in [9.17, 15) is 0 Å². The van der Waals surface area contributed by atoms with Gasteiger partial charge in [-0.05, 0) is 66.2 Å². The molecule has 17 heavy (non-hydrogen) atoms. The van der Waals surface area contributed by atoms with E-state index in [2.05, 4.69) is 66.0 Å². The van der Waals surface area contributed by atoms with Crippen molar-refractivity contribution in [3.8, 4) is 0 Å². The van der Waals surface area contributed by atoms with Crippen molar-refractivity contribution in [1.82, 2.24) is 0 Å². The molecule has 0 saturated carbocycles. The van der Waals surface area contributed by atoms with Crippen molar-refractivity contribution in [2.45, 2.75) is 39.2 Å². The first-order chi connectivity index (χ1) is 7.97. The van der Waals surface area contributed by atoms with Gasteiger partial charge in [-0.2, -0.15) is 0 Å². The van der Waals surface area contributed by atoms with Crippen molar-refractivity contribution in [3.63, 3.8) is 0 Å². The number of nitrogens with zero attached hydrogens (tertiary/aromatic N) is 1. The molecule has 0 saturated heterocycles. The van der Waals surface area contributed by atoms with Crippen LogP contribution in [0.5, 0.6) is 0 Å². The van der Waals surface area contributed by atoms with E-state index in [0.717, 1.165) is 12.8 Å². The highest BCUT2D eigenvalue weighted by molar-refractivity contribution is 9.15. The van der Waals surface area contributed by atoms with Crippen molar-refractivity contribution in [2.24, 2.45) is 4.99 Å². The first kappa shape index (κ1) is 12.6. The lowest BCUT2D eigenvalue weighted by Gasteiger charge is -2.19. The Morgan fingerprint density at radius 1 is 1.18 bits per heavy atom. The highest BCUT2D eigenvalue weighted by Gasteiger charge is 2.16. The van der Waals surface area contributed by atoms with Crippen LogP contribution in [0.3, 0.4) is 0 Å². The molecule has 90 valence electrons. The summed E-state index contributed by atoms with van der Waals surface area (Å²) in [7, 11) is 0. The molecule has 0 heterocycles. The fourth-order valence-corrected chi connectivity index (χ4v) is 2.58. The minimum atomic E-state index is -0.00273. The van der Waals surface area contributed by atoms with E-state index in [4.69, 9.17) is 0 Å². The van der Waals surface area contributed by atoms with Gasteiger partial charge < -0.3 is 0 Å². The molecule has 0 unspecified atom stereocenters. The maximum absolute atomic E-state index is 4.59. The Morgan fingerprint density at radius 3 is 2.59 bits per heavy atom. The molecule has 0 amide bonds. The number of rotatable bonds is 1. The summed E-state index contributed by atoms with van der Waals surface area (Å²) < 4.78 is 1.20. The second-order valence-corrected chi connectivity index (χ2v) is 6.22. The number of hydrogen-bond acceptors (Lipinski definition) is 1. The Kier molecular flexibility index (Phi) is 3.53. The number of benzene rings is 1. The lowest BCUT2D eigenvalue weighted by Crippen LogP contribution is -2.11. The van der Waals surface area contributed by atoms with Crippen LogP contribution in [0, 0.1) is 0 Å². The van der Waals surface area contributed by atoms with E-state index in [0.29, 0.717) is 0 Å². The third-order valence-corrected chi connectivity index (χ3v) is 3.74. The maximum Gasteiger partial charge on any atom is 0.0524 e. The second-order valence-electron chi connectivity index (χ2n) is 5.43. The van der Waals surface area contributed by atoms with E-state index >= 15 is 0 Å². The smallest absolute Gasteiger partial charge is 0.0524 e. The first-order valence-electron chi connectivity index (χ1n) is 5.99. The molecule has 1 aromatic carbocycles. The van der Waals surface area contributed by atoms with Crippen LogP contribution in [0.15, 0.2) is 34.8 Å². The van der Waals surface area contributed by atoms with Crippen LogP contribution >= 0.6 is 15.9 Å². The molecule has 0 N–H and O–H groups in total. The summed E-state index contributed by atoms with van der Waals surface area (Å²) in [6, 6.07) is 8.56. The van der Waals surface area contributed by atoms with E-state index in [1.807, 2.05) is 6.21 Å². The van der Waals surface area contributed by atoms with E-state index in [1.165, 1.54) is 21.2 Å². The van der Waals surface area contributed by atoms with Gasteiger partial charge in [-0.15, -0.1) is 0 Å². The van der Waals surface area contributed by atoms with Crippen LogP contribution in [-0.2, 0) is 6.42 Å². The normalized spacial score (nSPS) is 16.5. The van der Waals surface area contributed by atoms with E-state index in [-0.39, 0.29) is 5.54 Å². The largest absolute Gasteiger partial charge is 0.287 e. The van der Waals surface area contributed by atoms with E-state index < -0.39 is 0 Å². The molecule has 1 aliphatic carbocycles. The van der Waals surface area contributed by atoms with Gasteiger partial charge in [0.05, 0.1) is 5.54 Å².